The second-order valence-corrected chi connectivity index (χ2v) is 6.52. The molecule has 7 heteroatoms. The number of halogens is 1. The van der Waals surface area contributed by atoms with Gasteiger partial charge in [0.1, 0.15) is 5.60 Å². The van der Waals surface area contributed by atoms with E-state index in [1.54, 1.807) is 12.4 Å². The molecule has 1 aromatic rings. The molecule has 0 aromatic carbocycles. The number of alkyl carbamates (subject to hydrolysis) is 1. The van der Waals surface area contributed by atoms with Gasteiger partial charge in [-0.25, -0.2) is 9.78 Å². The Morgan fingerprint density at radius 3 is 2.86 bits per heavy atom. The van der Waals surface area contributed by atoms with Crippen LogP contribution in [0.4, 0.5) is 4.79 Å². The number of amides is 1. The van der Waals surface area contributed by atoms with Crippen molar-refractivity contribution in [2.24, 2.45) is 0 Å². The summed E-state index contributed by atoms with van der Waals surface area (Å²) in [7, 11) is 0. The molecule has 116 valence electrons. The Hall–Kier alpha value is -1.40. The predicted octanol–water partition coefficient (Wildman–Crippen LogP) is 2.23. The Labute approximate surface area is 129 Å². The molecule has 0 bridgehead atoms. The maximum absolute atomic E-state index is 11.7. The summed E-state index contributed by atoms with van der Waals surface area (Å²) in [5.74, 6) is 0. The van der Waals surface area contributed by atoms with Gasteiger partial charge >= 0.3 is 6.09 Å². The minimum atomic E-state index is -0.477. The molecule has 1 N–H and O–H groups in total. The van der Waals surface area contributed by atoms with E-state index in [2.05, 4.69) is 20.2 Å². The molecule has 0 aliphatic carbocycles. The molecule has 0 spiro atoms. The van der Waals surface area contributed by atoms with E-state index in [1.807, 2.05) is 20.8 Å². The van der Waals surface area contributed by atoms with Crippen molar-refractivity contribution in [3.8, 4) is 0 Å². The lowest BCUT2D eigenvalue weighted by atomic mass is 10.2. The quantitative estimate of drug-likeness (QED) is 0.927. The molecule has 1 aliphatic heterocycles. The van der Waals surface area contributed by atoms with E-state index < -0.39 is 5.60 Å². The van der Waals surface area contributed by atoms with E-state index in [4.69, 9.17) is 16.3 Å². The van der Waals surface area contributed by atoms with Gasteiger partial charge < -0.3 is 10.1 Å². The lowest BCUT2D eigenvalue weighted by molar-refractivity contribution is 0.0505. The van der Waals surface area contributed by atoms with E-state index in [1.165, 1.54) is 0 Å². The number of ether oxygens (including phenoxy) is 1. The van der Waals surface area contributed by atoms with Crippen molar-refractivity contribution in [3.63, 3.8) is 0 Å². The largest absolute Gasteiger partial charge is 0.444 e. The summed E-state index contributed by atoms with van der Waals surface area (Å²) in [5, 5.41) is 3.33. The highest BCUT2D eigenvalue weighted by Crippen LogP contribution is 2.17. The summed E-state index contributed by atoms with van der Waals surface area (Å²) >= 11 is 6.01. The van der Waals surface area contributed by atoms with Crippen molar-refractivity contribution in [2.45, 2.75) is 45.4 Å². The molecule has 21 heavy (non-hydrogen) atoms. The Morgan fingerprint density at radius 1 is 1.48 bits per heavy atom. The van der Waals surface area contributed by atoms with E-state index in [0.717, 1.165) is 25.2 Å². The smallest absolute Gasteiger partial charge is 0.407 e. The number of nitrogens with one attached hydrogen (secondary N) is 1. The minimum Gasteiger partial charge on any atom is -0.444 e. The van der Waals surface area contributed by atoms with Crippen LogP contribution in [0.2, 0.25) is 5.15 Å². The van der Waals surface area contributed by atoms with Crippen molar-refractivity contribution in [3.05, 3.63) is 23.2 Å². The Bertz CT molecular complexity index is 504. The molecule has 1 fully saturated rings. The summed E-state index contributed by atoms with van der Waals surface area (Å²) in [6, 6.07) is 0.0929. The number of hydrogen-bond donors (Lipinski definition) is 1. The third-order valence-electron chi connectivity index (χ3n) is 3.09. The van der Waals surface area contributed by atoms with Crippen LogP contribution in [0.1, 0.15) is 32.9 Å². The van der Waals surface area contributed by atoms with E-state index in [9.17, 15) is 4.79 Å². The number of hydrogen-bond acceptors (Lipinski definition) is 5. The van der Waals surface area contributed by atoms with Crippen LogP contribution >= 0.6 is 11.6 Å². The SMILES string of the molecule is CC(C)(C)OC(=O)NC1CCN(Cc2nccnc2Cl)C1. The van der Waals surface area contributed by atoms with Gasteiger partial charge in [0.25, 0.3) is 0 Å². The van der Waals surface area contributed by atoms with Crippen LogP contribution in [0.5, 0.6) is 0 Å². The van der Waals surface area contributed by atoms with Crippen molar-refractivity contribution in [2.75, 3.05) is 13.1 Å². The first-order valence-electron chi connectivity index (χ1n) is 7.01. The number of rotatable bonds is 3. The fourth-order valence-corrected chi connectivity index (χ4v) is 2.40. The third kappa shape index (κ3) is 5.13. The summed E-state index contributed by atoms with van der Waals surface area (Å²) < 4.78 is 5.26. The molecule has 1 unspecified atom stereocenters. The zero-order valence-electron chi connectivity index (χ0n) is 12.6. The first-order chi connectivity index (χ1) is 9.83. The van der Waals surface area contributed by atoms with Crippen molar-refractivity contribution in [1.29, 1.82) is 0 Å². The highest BCUT2D eigenvalue weighted by atomic mass is 35.5. The number of carbonyl (C=O) groups excluding carboxylic acids is 1. The average Bonchev–Trinajstić information content (AvgIpc) is 2.77. The van der Waals surface area contributed by atoms with Gasteiger partial charge in [-0.3, -0.25) is 9.88 Å². The van der Waals surface area contributed by atoms with Gasteiger partial charge in [-0.15, -0.1) is 0 Å². The van der Waals surface area contributed by atoms with Crippen LogP contribution in [0.25, 0.3) is 0 Å². The molecular formula is C14H21ClN4O2. The van der Waals surface area contributed by atoms with Crippen LogP contribution in [0, 0.1) is 0 Å². The Kier molecular flexibility index (Phi) is 5.00. The fourth-order valence-electron chi connectivity index (χ4n) is 2.24. The summed E-state index contributed by atoms with van der Waals surface area (Å²) in [6.45, 7) is 7.83. The van der Waals surface area contributed by atoms with E-state index >= 15 is 0 Å². The molecule has 0 saturated carbocycles. The molecule has 1 amide bonds. The fraction of sp³-hybridized carbons (Fsp3) is 0.643. The monoisotopic (exact) mass is 312 g/mol. The van der Waals surface area contributed by atoms with Crippen molar-refractivity contribution < 1.29 is 9.53 Å². The zero-order valence-corrected chi connectivity index (χ0v) is 13.4. The lowest BCUT2D eigenvalue weighted by Gasteiger charge is -2.22. The van der Waals surface area contributed by atoms with Crippen LogP contribution < -0.4 is 5.32 Å². The first-order valence-corrected chi connectivity index (χ1v) is 7.38. The van der Waals surface area contributed by atoms with Crippen LogP contribution in [-0.4, -0.2) is 45.7 Å². The topological polar surface area (TPSA) is 67.3 Å². The summed E-state index contributed by atoms with van der Waals surface area (Å²) in [5.41, 5.74) is 0.285. The van der Waals surface area contributed by atoms with E-state index in [-0.39, 0.29) is 12.1 Å². The van der Waals surface area contributed by atoms with Crippen LogP contribution in [0.3, 0.4) is 0 Å². The molecule has 6 nitrogen and oxygen atoms in total. The number of aromatic nitrogens is 2. The van der Waals surface area contributed by atoms with Gasteiger partial charge in [-0.1, -0.05) is 11.6 Å². The molecule has 0 radical (unpaired) electrons. The molecular weight excluding hydrogens is 292 g/mol. The van der Waals surface area contributed by atoms with Crippen LogP contribution in [0.15, 0.2) is 12.4 Å². The Balaban J connectivity index is 1.81. The number of carbonyl (C=O) groups is 1. The summed E-state index contributed by atoms with van der Waals surface area (Å²) in [6.07, 6.45) is 3.72. The molecule has 1 aliphatic rings. The zero-order chi connectivity index (χ0) is 15.5. The molecule has 2 heterocycles. The van der Waals surface area contributed by atoms with E-state index in [0.29, 0.717) is 11.7 Å². The maximum atomic E-state index is 11.7. The van der Waals surface area contributed by atoms with Crippen molar-refractivity contribution in [1.82, 2.24) is 20.2 Å². The number of nitrogens with zero attached hydrogens (tertiary/aromatic N) is 3. The normalized spacial score (nSPS) is 19.5. The maximum Gasteiger partial charge on any atom is 0.407 e. The Morgan fingerprint density at radius 2 is 2.19 bits per heavy atom. The third-order valence-corrected chi connectivity index (χ3v) is 3.41. The van der Waals surface area contributed by atoms with Gasteiger partial charge in [-0.05, 0) is 27.2 Å². The minimum absolute atomic E-state index is 0.0929. The lowest BCUT2D eigenvalue weighted by Crippen LogP contribution is -2.40. The van der Waals surface area contributed by atoms with Gasteiger partial charge in [0.15, 0.2) is 5.15 Å². The summed E-state index contributed by atoms with van der Waals surface area (Å²) in [4.78, 5) is 22.2. The van der Waals surface area contributed by atoms with Gasteiger partial charge in [0.2, 0.25) is 0 Å². The predicted molar refractivity (Wildman–Crippen MR) is 80.1 cm³/mol. The highest BCUT2D eigenvalue weighted by molar-refractivity contribution is 6.29. The molecule has 1 saturated heterocycles. The van der Waals surface area contributed by atoms with Gasteiger partial charge in [-0.2, -0.15) is 0 Å². The van der Waals surface area contributed by atoms with Crippen LogP contribution in [-0.2, 0) is 11.3 Å². The van der Waals surface area contributed by atoms with Gasteiger partial charge in [0, 0.05) is 38.1 Å². The molecule has 1 aromatic heterocycles. The molecule has 1 atom stereocenters. The average molecular weight is 313 g/mol. The second kappa shape index (κ2) is 6.58. The molecule has 2 rings (SSSR count). The second-order valence-electron chi connectivity index (χ2n) is 6.16. The highest BCUT2D eigenvalue weighted by Gasteiger charge is 2.26. The first kappa shape index (κ1) is 16.0. The van der Waals surface area contributed by atoms with Crippen molar-refractivity contribution >= 4 is 17.7 Å². The number of likely N-dealkylation sites (tertiary alicyclic amines) is 1. The standard InChI is InChI=1S/C14H21ClN4O2/c1-14(2,3)21-13(20)18-10-4-7-19(8-10)9-11-12(15)17-6-5-16-11/h5-6,10H,4,7-9H2,1-3H3,(H,18,20). The van der Waals surface area contributed by atoms with Gasteiger partial charge in [0.05, 0.1) is 5.69 Å².